The van der Waals surface area contributed by atoms with E-state index >= 15 is 0 Å². The fraction of sp³-hybridized carbons (Fsp3) is 0.278. The van der Waals surface area contributed by atoms with Crippen LogP contribution in [-0.4, -0.2) is 48.8 Å². The summed E-state index contributed by atoms with van der Waals surface area (Å²) in [5.74, 6) is 1.60. The largest absolute Gasteiger partial charge is 0.494 e. The van der Waals surface area contributed by atoms with Gasteiger partial charge >= 0.3 is 0 Å². The van der Waals surface area contributed by atoms with Crippen molar-refractivity contribution < 1.29 is 24.1 Å². The van der Waals surface area contributed by atoms with E-state index in [9.17, 15) is 4.79 Å². The van der Waals surface area contributed by atoms with Crippen LogP contribution < -0.4 is 20.3 Å². The molecule has 4 aromatic carbocycles. The second-order valence-electron chi connectivity index (χ2n) is 10.7. The number of nitrogens with one attached hydrogen (secondary N) is 2. The first-order valence-electron chi connectivity index (χ1n) is 15.2. The van der Waals surface area contributed by atoms with E-state index in [2.05, 4.69) is 26.8 Å². The minimum absolute atomic E-state index is 0.0706. The number of benzene rings is 4. The van der Waals surface area contributed by atoms with Crippen molar-refractivity contribution in [1.82, 2.24) is 10.9 Å². The molecule has 5 rings (SSSR count). The first-order valence-corrected chi connectivity index (χ1v) is 16.0. The van der Waals surface area contributed by atoms with Gasteiger partial charge in [-0.25, -0.2) is 10.4 Å². The zero-order chi connectivity index (χ0) is 31.5. The summed E-state index contributed by atoms with van der Waals surface area (Å²) < 4.78 is 19.0. The average molecular weight is 673 g/mol. The van der Waals surface area contributed by atoms with Crippen molar-refractivity contribution in [2.75, 3.05) is 26.4 Å². The molecule has 1 amide bonds. The Kier molecular flexibility index (Phi) is 11.2. The van der Waals surface area contributed by atoms with Crippen LogP contribution in [0.4, 0.5) is 0 Å². The van der Waals surface area contributed by atoms with Crippen LogP contribution in [0.2, 0.25) is 0 Å². The van der Waals surface area contributed by atoms with Crippen LogP contribution in [0.1, 0.15) is 41.7 Å². The van der Waals surface area contributed by atoms with Gasteiger partial charge in [-0.2, -0.15) is 0 Å². The SMILES string of the molecule is CCOc1ccccc1CCNNC(=O)[C@@]1(Cc2ccccc2)N=C(c2ccc(OCCCO)cc2)O[C@H]1c1ccc(Br)cc1. The predicted molar refractivity (Wildman–Crippen MR) is 178 cm³/mol. The molecular weight excluding hydrogens is 634 g/mol. The molecule has 0 aromatic heterocycles. The maximum absolute atomic E-state index is 14.3. The quantitative estimate of drug-likeness (QED) is 0.106. The third-order valence-corrected chi connectivity index (χ3v) is 8.04. The Labute approximate surface area is 272 Å². The molecule has 4 aromatic rings. The van der Waals surface area contributed by atoms with Gasteiger partial charge in [0.15, 0.2) is 11.6 Å². The number of hydrogen-bond donors (Lipinski definition) is 3. The summed E-state index contributed by atoms with van der Waals surface area (Å²) in [6.45, 7) is 3.53. The number of aliphatic imine (C=N–C) groups is 1. The van der Waals surface area contributed by atoms with Crippen LogP contribution in [0, 0.1) is 0 Å². The fourth-order valence-electron chi connectivity index (χ4n) is 5.28. The van der Waals surface area contributed by atoms with Gasteiger partial charge in [0, 0.05) is 36.0 Å². The zero-order valence-electron chi connectivity index (χ0n) is 25.2. The van der Waals surface area contributed by atoms with Crippen LogP contribution in [0.3, 0.4) is 0 Å². The van der Waals surface area contributed by atoms with Crippen molar-refractivity contribution in [3.63, 3.8) is 0 Å². The lowest BCUT2D eigenvalue weighted by Gasteiger charge is -2.31. The van der Waals surface area contributed by atoms with Gasteiger partial charge in [0.2, 0.25) is 5.90 Å². The van der Waals surface area contributed by atoms with E-state index in [0.29, 0.717) is 50.7 Å². The number of amides is 1. The van der Waals surface area contributed by atoms with Gasteiger partial charge < -0.3 is 19.3 Å². The number of aliphatic hydroxyl groups excluding tert-OH is 1. The van der Waals surface area contributed by atoms with Gasteiger partial charge in [-0.05, 0) is 72.5 Å². The Morgan fingerprint density at radius 3 is 2.42 bits per heavy atom. The molecule has 2 atom stereocenters. The van der Waals surface area contributed by atoms with E-state index in [1.807, 2.05) is 110 Å². The van der Waals surface area contributed by atoms with Gasteiger partial charge in [-0.1, -0.05) is 76.6 Å². The predicted octanol–water partition coefficient (Wildman–Crippen LogP) is 5.97. The molecule has 0 aliphatic carbocycles. The summed E-state index contributed by atoms with van der Waals surface area (Å²) in [6, 6.07) is 33.0. The number of ether oxygens (including phenoxy) is 3. The minimum atomic E-state index is -1.31. The highest BCUT2D eigenvalue weighted by Gasteiger charge is 2.53. The number of hydrazine groups is 1. The summed E-state index contributed by atoms with van der Waals surface area (Å²) in [5.41, 5.74) is 8.37. The van der Waals surface area contributed by atoms with E-state index in [1.165, 1.54) is 0 Å². The van der Waals surface area contributed by atoms with E-state index in [0.717, 1.165) is 32.5 Å². The summed E-state index contributed by atoms with van der Waals surface area (Å²) in [5, 5.41) is 9.06. The van der Waals surface area contributed by atoms with Gasteiger partial charge in [0.05, 0.1) is 13.2 Å². The summed E-state index contributed by atoms with van der Waals surface area (Å²) in [4.78, 5) is 19.4. The molecule has 0 saturated heterocycles. The molecule has 0 unspecified atom stereocenters. The van der Waals surface area contributed by atoms with E-state index in [1.54, 1.807) is 0 Å². The molecule has 0 saturated carbocycles. The molecule has 0 radical (unpaired) electrons. The number of halogens is 1. The third kappa shape index (κ3) is 8.11. The lowest BCUT2D eigenvalue weighted by atomic mass is 9.82. The van der Waals surface area contributed by atoms with Crippen LogP contribution in [-0.2, 0) is 22.4 Å². The van der Waals surface area contributed by atoms with E-state index in [-0.39, 0.29) is 12.5 Å². The number of rotatable bonds is 15. The molecule has 9 heteroatoms. The minimum Gasteiger partial charge on any atom is -0.494 e. The maximum Gasteiger partial charge on any atom is 0.266 e. The van der Waals surface area contributed by atoms with Crippen molar-refractivity contribution in [3.05, 3.63) is 130 Å². The zero-order valence-corrected chi connectivity index (χ0v) is 26.8. The Morgan fingerprint density at radius 2 is 1.69 bits per heavy atom. The highest BCUT2D eigenvalue weighted by atomic mass is 79.9. The maximum atomic E-state index is 14.3. The van der Waals surface area contributed by atoms with Crippen molar-refractivity contribution in [2.45, 2.75) is 37.8 Å². The number of carbonyl (C=O) groups is 1. The summed E-state index contributed by atoms with van der Waals surface area (Å²) in [6.07, 6.45) is 0.843. The molecule has 45 heavy (non-hydrogen) atoms. The van der Waals surface area contributed by atoms with Crippen molar-refractivity contribution in [2.24, 2.45) is 4.99 Å². The molecule has 1 aliphatic heterocycles. The summed E-state index contributed by atoms with van der Waals surface area (Å²) in [7, 11) is 0. The van der Waals surface area contributed by atoms with Crippen molar-refractivity contribution in [3.8, 4) is 11.5 Å². The lowest BCUT2D eigenvalue weighted by Crippen LogP contribution is -2.54. The van der Waals surface area contributed by atoms with Gasteiger partial charge in [0.25, 0.3) is 5.91 Å². The first-order chi connectivity index (χ1) is 22.0. The molecule has 0 spiro atoms. The van der Waals surface area contributed by atoms with E-state index in [4.69, 9.17) is 24.3 Å². The smallest absolute Gasteiger partial charge is 0.266 e. The normalized spacial score (nSPS) is 17.3. The number of hydrogen-bond acceptors (Lipinski definition) is 7. The van der Waals surface area contributed by atoms with Gasteiger partial charge in [-0.3, -0.25) is 10.2 Å². The molecule has 8 nitrogen and oxygen atoms in total. The average Bonchev–Trinajstić information content (AvgIpc) is 3.45. The summed E-state index contributed by atoms with van der Waals surface area (Å²) >= 11 is 3.53. The van der Waals surface area contributed by atoms with Crippen molar-refractivity contribution in [1.29, 1.82) is 0 Å². The van der Waals surface area contributed by atoms with Crippen LogP contribution >= 0.6 is 15.9 Å². The molecular formula is C36H38BrN3O5. The van der Waals surface area contributed by atoms with Gasteiger partial charge in [0.1, 0.15) is 11.5 Å². The highest BCUT2D eigenvalue weighted by molar-refractivity contribution is 9.10. The lowest BCUT2D eigenvalue weighted by molar-refractivity contribution is -0.130. The topological polar surface area (TPSA) is 101 Å². The number of para-hydroxylation sites is 1. The number of nitrogens with zero attached hydrogens (tertiary/aromatic N) is 1. The first kappa shape index (κ1) is 32.2. The third-order valence-electron chi connectivity index (χ3n) is 7.51. The fourth-order valence-corrected chi connectivity index (χ4v) is 5.55. The second kappa shape index (κ2) is 15.7. The highest BCUT2D eigenvalue weighted by Crippen LogP contribution is 2.42. The molecule has 1 aliphatic rings. The second-order valence-corrected chi connectivity index (χ2v) is 11.6. The number of carbonyl (C=O) groups excluding carboxylic acids is 1. The van der Waals surface area contributed by atoms with Crippen molar-refractivity contribution >= 4 is 27.7 Å². The van der Waals surface area contributed by atoms with Crippen LogP contribution in [0.5, 0.6) is 11.5 Å². The Hall–Kier alpha value is -4.18. The molecule has 1 heterocycles. The van der Waals surface area contributed by atoms with E-state index < -0.39 is 11.6 Å². The Bertz CT molecular complexity index is 1560. The molecule has 234 valence electrons. The molecule has 3 N–H and O–H groups in total. The molecule has 0 fully saturated rings. The number of aliphatic hydroxyl groups is 1. The monoisotopic (exact) mass is 671 g/mol. The van der Waals surface area contributed by atoms with Crippen LogP contribution in [0.25, 0.3) is 0 Å². The standard InChI is InChI=1S/C36H38BrN3O5/c1-2-43-32-12-7-6-11-27(32)21-22-38-40-35(42)36(25-26-9-4-3-5-10-26)33(28-13-17-30(37)18-14-28)45-34(39-36)29-15-19-31(20-16-29)44-24-8-23-41/h3-7,9-20,33,38,41H,2,8,21-25H2,1H3,(H,40,42)/t33-,36-/m0/s1. The Morgan fingerprint density at radius 1 is 0.956 bits per heavy atom. The van der Waals surface area contributed by atoms with Gasteiger partial charge in [-0.15, -0.1) is 0 Å². The Balaban J connectivity index is 1.44. The van der Waals surface area contributed by atoms with Crippen LogP contribution in [0.15, 0.2) is 113 Å². The molecule has 0 bridgehead atoms.